The van der Waals surface area contributed by atoms with Gasteiger partial charge in [-0.2, -0.15) is 0 Å². The highest BCUT2D eigenvalue weighted by atomic mass is 35.5. The maximum absolute atomic E-state index is 6.17. The first-order valence-electron chi connectivity index (χ1n) is 7.15. The van der Waals surface area contributed by atoms with Crippen LogP contribution >= 0.6 is 23.2 Å². The summed E-state index contributed by atoms with van der Waals surface area (Å²) in [6.45, 7) is 7.13. The average molecular weight is 323 g/mol. The molecule has 21 heavy (non-hydrogen) atoms. The first-order chi connectivity index (χ1) is 10.0. The van der Waals surface area contributed by atoms with Crippen molar-refractivity contribution in [3.63, 3.8) is 0 Å². The van der Waals surface area contributed by atoms with E-state index in [0.29, 0.717) is 10.0 Å². The number of hydrogen-bond acceptors (Lipinski definition) is 2. The van der Waals surface area contributed by atoms with Crippen LogP contribution in [0.1, 0.15) is 41.9 Å². The minimum absolute atomic E-state index is 0.0767. The molecule has 1 aromatic carbocycles. The molecule has 0 aliphatic rings. The van der Waals surface area contributed by atoms with Crippen LogP contribution in [0.4, 0.5) is 0 Å². The predicted molar refractivity (Wildman–Crippen MR) is 90.3 cm³/mol. The molecule has 0 aliphatic heterocycles. The van der Waals surface area contributed by atoms with Crippen LogP contribution in [0, 0.1) is 13.8 Å². The minimum atomic E-state index is 0.0767. The number of aromatic nitrogens is 1. The summed E-state index contributed by atoms with van der Waals surface area (Å²) < 4.78 is 0. The molecule has 0 radical (unpaired) electrons. The van der Waals surface area contributed by atoms with E-state index in [2.05, 4.69) is 23.3 Å². The Labute approximate surface area is 136 Å². The molecule has 0 bridgehead atoms. The fourth-order valence-electron chi connectivity index (χ4n) is 2.39. The van der Waals surface area contributed by atoms with Crippen molar-refractivity contribution in [2.24, 2.45) is 0 Å². The summed E-state index contributed by atoms with van der Waals surface area (Å²) in [6.07, 6.45) is 1.07. The van der Waals surface area contributed by atoms with Crippen molar-refractivity contribution in [1.82, 2.24) is 10.3 Å². The molecule has 1 aromatic heterocycles. The Bertz CT molecular complexity index is 626. The van der Waals surface area contributed by atoms with Gasteiger partial charge in [-0.1, -0.05) is 42.3 Å². The van der Waals surface area contributed by atoms with E-state index < -0.39 is 0 Å². The lowest BCUT2D eigenvalue weighted by Crippen LogP contribution is -2.24. The Hall–Kier alpha value is -1.09. The Morgan fingerprint density at radius 3 is 2.48 bits per heavy atom. The van der Waals surface area contributed by atoms with Gasteiger partial charge in [-0.3, -0.25) is 4.98 Å². The van der Waals surface area contributed by atoms with E-state index in [1.165, 1.54) is 5.56 Å². The van der Waals surface area contributed by atoms with E-state index in [1.54, 1.807) is 0 Å². The molecule has 1 N–H and O–H groups in total. The fourth-order valence-corrected chi connectivity index (χ4v) is 2.70. The van der Waals surface area contributed by atoms with Gasteiger partial charge in [0, 0.05) is 11.4 Å². The first kappa shape index (κ1) is 16.3. The van der Waals surface area contributed by atoms with Gasteiger partial charge in [-0.05, 0) is 56.1 Å². The lowest BCUT2D eigenvalue weighted by Gasteiger charge is -2.21. The number of halogens is 2. The van der Waals surface area contributed by atoms with Crippen molar-refractivity contribution in [3.8, 4) is 0 Å². The van der Waals surface area contributed by atoms with Crippen molar-refractivity contribution in [2.75, 3.05) is 6.54 Å². The number of hydrogen-bond donors (Lipinski definition) is 1. The molecule has 2 rings (SSSR count). The van der Waals surface area contributed by atoms with Gasteiger partial charge >= 0.3 is 0 Å². The fraction of sp³-hybridized carbons (Fsp3) is 0.353. The summed E-state index contributed by atoms with van der Waals surface area (Å²) in [5, 5.41) is 4.72. The number of nitrogens with one attached hydrogen (secondary N) is 1. The molecule has 1 unspecified atom stereocenters. The molecule has 0 fully saturated rings. The molecule has 112 valence electrons. The second-order valence-electron chi connectivity index (χ2n) is 5.19. The highest BCUT2D eigenvalue weighted by Crippen LogP contribution is 2.30. The SMILES string of the molecule is CCCNC(c1ccc(Cl)c(Cl)c1)c1ccc(C)nc1C. The van der Waals surface area contributed by atoms with Crippen molar-refractivity contribution >= 4 is 23.2 Å². The van der Waals surface area contributed by atoms with Gasteiger partial charge in [0.1, 0.15) is 0 Å². The van der Waals surface area contributed by atoms with Crippen LogP contribution < -0.4 is 5.32 Å². The summed E-state index contributed by atoms with van der Waals surface area (Å²) in [7, 11) is 0. The van der Waals surface area contributed by atoms with Crippen LogP contribution in [-0.4, -0.2) is 11.5 Å². The molecular weight excluding hydrogens is 303 g/mol. The third-order valence-corrected chi connectivity index (χ3v) is 4.19. The summed E-state index contributed by atoms with van der Waals surface area (Å²) in [5.74, 6) is 0. The zero-order valence-electron chi connectivity index (χ0n) is 12.6. The van der Waals surface area contributed by atoms with E-state index in [0.717, 1.165) is 29.9 Å². The lowest BCUT2D eigenvalue weighted by molar-refractivity contribution is 0.594. The molecule has 0 spiro atoms. The van der Waals surface area contributed by atoms with Crippen molar-refractivity contribution in [1.29, 1.82) is 0 Å². The number of benzene rings is 1. The molecule has 0 saturated carbocycles. The molecule has 4 heteroatoms. The Kier molecular flexibility index (Phi) is 5.63. The average Bonchev–Trinajstić information content (AvgIpc) is 2.44. The van der Waals surface area contributed by atoms with Gasteiger partial charge in [-0.25, -0.2) is 0 Å². The third kappa shape index (κ3) is 3.97. The van der Waals surface area contributed by atoms with Gasteiger partial charge in [0.2, 0.25) is 0 Å². The van der Waals surface area contributed by atoms with Gasteiger partial charge in [0.15, 0.2) is 0 Å². The first-order valence-corrected chi connectivity index (χ1v) is 7.91. The molecule has 1 atom stereocenters. The molecule has 0 amide bonds. The van der Waals surface area contributed by atoms with Crippen LogP contribution in [0.25, 0.3) is 0 Å². The maximum Gasteiger partial charge on any atom is 0.0595 e. The predicted octanol–water partition coefficient (Wildman–Crippen LogP) is 5.09. The van der Waals surface area contributed by atoms with Gasteiger partial charge in [0.05, 0.1) is 16.1 Å². The molecule has 2 aromatic rings. The Balaban J connectivity index is 2.44. The van der Waals surface area contributed by atoms with Crippen LogP contribution in [0.2, 0.25) is 10.0 Å². The zero-order chi connectivity index (χ0) is 15.4. The van der Waals surface area contributed by atoms with E-state index in [-0.39, 0.29) is 6.04 Å². The number of rotatable bonds is 5. The maximum atomic E-state index is 6.17. The molecule has 1 heterocycles. The largest absolute Gasteiger partial charge is 0.306 e. The van der Waals surface area contributed by atoms with Crippen LogP contribution in [0.5, 0.6) is 0 Å². The molecule has 0 saturated heterocycles. The molecule has 0 aliphatic carbocycles. The van der Waals surface area contributed by atoms with E-state index >= 15 is 0 Å². The Morgan fingerprint density at radius 1 is 1.10 bits per heavy atom. The zero-order valence-corrected chi connectivity index (χ0v) is 14.1. The second kappa shape index (κ2) is 7.26. The van der Waals surface area contributed by atoms with E-state index in [1.807, 2.05) is 38.1 Å². The Morgan fingerprint density at radius 2 is 1.86 bits per heavy atom. The van der Waals surface area contributed by atoms with Crippen LogP contribution in [0.3, 0.4) is 0 Å². The van der Waals surface area contributed by atoms with Crippen molar-refractivity contribution in [3.05, 3.63) is 62.9 Å². The summed E-state index contributed by atoms with van der Waals surface area (Å²) in [5.41, 5.74) is 4.34. The molecular formula is C17H20Cl2N2. The van der Waals surface area contributed by atoms with Gasteiger partial charge in [0.25, 0.3) is 0 Å². The van der Waals surface area contributed by atoms with Gasteiger partial charge in [-0.15, -0.1) is 0 Å². The number of aryl methyl sites for hydroxylation is 2. The van der Waals surface area contributed by atoms with E-state index in [9.17, 15) is 0 Å². The normalized spacial score (nSPS) is 12.4. The van der Waals surface area contributed by atoms with Crippen LogP contribution in [0.15, 0.2) is 30.3 Å². The second-order valence-corrected chi connectivity index (χ2v) is 6.00. The monoisotopic (exact) mass is 322 g/mol. The summed E-state index contributed by atoms with van der Waals surface area (Å²) in [4.78, 5) is 4.57. The van der Waals surface area contributed by atoms with Crippen molar-refractivity contribution in [2.45, 2.75) is 33.2 Å². The van der Waals surface area contributed by atoms with Gasteiger partial charge < -0.3 is 5.32 Å². The molecule has 2 nitrogen and oxygen atoms in total. The standard InChI is InChI=1S/C17H20Cl2N2/c1-4-9-20-17(13-6-8-15(18)16(19)10-13)14-7-5-11(2)21-12(14)3/h5-8,10,17,20H,4,9H2,1-3H3. The smallest absolute Gasteiger partial charge is 0.0595 e. The third-order valence-electron chi connectivity index (χ3n) is 3.45. The summed E-state index contributed by atoms with van der Waals surface area (Å²) in [6, 6.07) is 10.0. The quantitative estimate of drug-likeness (QED) is 0.828. The summed E-state index contributed by atoms with van der Waals surface area (Å²) >= 11 is 12.2. The number of pyridine rings is 1. The highest BCUT2D eigenvalue weighted by molar-refractivity contribution is 6.42. The topological polar surface area (TPSA) is 24.9 Å². The number of nitrogens with zero attached hydrogens (tertiary/aromatic N) is 1. The highest BCUT2D eigenvalue weighted by Gasteiger charge is 2.17. The van der Waals surface area contributed by atoms with Crippen molar-refractivity contribution < 1.29 is 0 Å². The van der Waals surface area contributed by atoms with E-state index in [4.69, 9.17) is 23.2 Å². The van der Waals surface area contributed by atoms with Crippen LogP contribution in [-0.2, 0) is 0 Å². The lowest BCUT2D eigenvalue weighted by atomic mass is 9.97. The minimum Gasteiger partial charge on any atom is -0.306 e.